The molecule has 1 fully saturated rings. The van der Waals surface area contributed by atoms with Crippen LogP contribution < -0.4 is 4.90 Å². The summed E-state index contributed by atoms with van der Waals surface area (Å²) in [4.78, 5) is 13.1. The van der Waals surface area contributed by atoms with Crippen LogP contribution in [0.4, 0.5) is 18.9 Å². The smallest absolute Gasteiger partial charge is 0.312 e. The zero-order valence-electron chi connectivity index (χ0n) is 10.9. The zero-order chi connectivity index (χ0) is 16.7. The van der Waals surface area contributed by atoms with Gasteiger partial charge in [-0.2, -0.15) is 13.2 Å². The van der Waals surface area contributed by atoms with Gasteiger partial charge in [-0.3, -0.25) is 4.79 Å². The summed E-state index contributed by atoms with van der Waals surface area (Å²) in [5.74, 6) is -1.35. The molecule has 1 atom stereocenters. The third-order valence-corrected chi connectivity index (χ3v) is 5.15. The van der Waals surface area contributed by atoms with Crippen LogP contribution in [-0.4, -0.2) is 26.6 Å². The minimum Gasteiger partial charge on any atom is -0.312 e. The van der Waals surface area contributed by atoms with Crippen molar-refractivity contribution >= 4 is 47.3 Å². The molecule has 1 aromatic carbocycles. The number of halogens is 5. The molecule has 0 bridgehead atoms. The normalized spacial score (nSPS) is 19.8. The lowest BCUT2D eigenvalue weighted by Crippen LogP contribution is -2.25. The quantitative estimate of drug-likeness (QED) is 0.705. The van der Waals surface area contributed by atoms with Crippen molar-refractivity contribution in [3.63, 3.8) is 0 Å². The molecule has 0 saturated carbocycles. The van der Waals surface area contributed by atoms with E-state index in [1.165, 1.54) is 12.1 Å². The second-order valence-electron chi connectivity index (χ2n) is 4.94. The van der Waals surface area contributed by atoms with E-state index < -0.39 is 32.6 Å². The Labute approximate surface area is 137 Å². The summed E-state index contributed by atoms with van der Waals surface area (Å²) in [6.45, 7) is 0.0176. The summed E-state index contributed by atoms with van der Waals surface area (Å²) in [5.41, 5.74) is -0.818. The fourth-order valence-electron chi connectivity index (χ4n) is 2.32. The van der Waals surface area contributed by atoms with Crippen LogP contribution in [-0.2, 0) is 20.0 Å². The van der Waals surface area contributed by atoms with Crippen LogP contribution in [0.2, 0.25) is 0 Å². The summed E-state index contributed by atoms with van der Waals surface area (Å²) in [6, 6.07) is 3.44. The number of benzene rings is 1. The van der Waals surface area contributed by atoms with Crippen LogP contribution in [0.1, 0.15) is 12.0 Å². The maximum Gasteiger partial charge on any atom is 0.417 e. The lowest BCUT2D eigenvalue weighted by molar-refractivity contribution is -0.138. The first kappa shape index (κ1) is 17.6. The van der Waals surface area contributed by atoms with Crippen molar-refractivity contribution in [2.45, 2.75) is 12.6 Å². The van der Waals surface area contributed by atoms with Crippen molar-refractivity contribution < 1.29 is 26.4 Å². The first-order chi connectivity index (χ1) is 9.97. The van der Waals surface area contributed by atoms with Gasteiger partial charge in [0.15, 0.2) is 0 Å². The van der Waals surface area contributed by atoms with Crippen LogP contribution in [0.25, 0.3) is 0 Å². The Morgan fingerprint density at radius 1 is 1.36 bits per heavy atom. The summed E-state index contributed by atoms with van der Waals surface area (Å²) in [5, 5.41) is 0. The number of carbonyl (C=O) groups is 1. The van der Waals surface area contributed by atoms with Gasteiger partial charge in [0.05, 0.1) is 11.3 Å². The van der Waals surface area contributed by atoms with Gasteiger partial charge in [0.25, 0.3) is 0 Å². The molecule has 10 heteroatoms. The molecule has 1 aliphatic heterocycles. The standard InChI is InChI=1S/C12H10BrClF3NO3S/c13-10-2-1-8(4-9(10)12(15,16)17)18-5-7(3-11(18)19)6-22(14,20)21/h1-2,4,7H,3,5-6H2. The summed E-state index contributed by atoms with van der Waals surface area (Å²) in [7, 11) is 1.38. The molecular formula is C12H10BrClF3NO3S. The Balaban J connectivity index is 2.28. The van der Waals surface area contributed by atoms with E-state index in [1.807, 2.05) is 0 Å². The van der Waals surface area contributed by atoms with Crippen molar-refractivity contribution in [1.82, 2.24) is 0 Å². The van der Waals surface area contributed by atoms with Gasteiger partial charge in [0.1, 0.15) is 0 Å². The Morgan fingerprint density at radius 3 is 2.55 bits per heavy atom. The highest BCUT2D eigenvalue weighted by molar-refractivity contribution is 9.10. The van der Waals surface area contributed by atoms with Gasteiger partial charge in [-0.05, 0) is 18.2 Å². The van der Waals surface area contributed by atoms with Crippen LogP contribution in [0.15, 0.2) is 22.7 Å². The summed E-state index contributed by atoms with van der Waals surface area (Å²) < 4.78 is 60.6. The van der Waals surface area contributed by atoms with Gasteiger partial charge < -0.3 is 4.90 Å². The first-order valence-corrected chi connectivity index (χ1v) is 9.34. The lowest BCUT2D eigenvalue weighted by atomic mass is 10.1. The lowest BCUT2D eigenvalue weighted by Gasteiger charge is -2.19. The van der Waals surface area contributed by atoms with Gasteiger partial charge in [-0.15, -0.1) is 0 Å². The molecule has 0 spiro atoms. The van der Waals surface area contributed by atoms with Crippen molar-refractivity contribution in [3.05, 3.63) is 28.2 Å². The van der Waals surface area contributed by atoms with Gasteiger partial charge in [0.2, 0.25) is 15.0 Å². The van der Waals surface area contributed by atoms with Gasteiger partial charge in [-0.1, -0.05) is 15.9 Å². The number of anilines is 1. The van der Waals surface area contributed by atoms with Crippen LogP contribution >= 0.6 is 26.6 Å². The molecule has 0 radical (unpaired) electrons. The van der Waals surface area contributed by atoms with E-state index >= 15 is 0 Å². The second-order valence-corrected chi connectivity index (χ2v) is 8.62. The highest BCUT2D eigenvalue weighted by Gasteiger charge is 2.36. The molecule has 0 aliphatic carbocycles. The minimum absolute atomic E-state index is 0.0176. The molecule has 1 unspecified atom stereocenters. The highest BCUT2D eigenvalue weighted by Crippen LogP contribution is 2.38. The molecule has 1 aliphatic rings. The van der Waals surface area contributed by atoms with Crippen LogP contribution in [0, 0.1) is 5.92 Å². The predicted octanol–water partition coefficient (Wildman–Crippen LogP) is 3.39. The zero-order valence-corrected chi connectivity index (χ0v) is 14.1. The third-order valence-electron chi connectivity index (χ3n) is 3.21. The van der Waals surface area contributed by atoms with Gasteiger partial charge in [-0.25, -0.2) is 8.42 Å². The fourth-order valence-corrected chi connectivity index (χ4v) is 4.11. The van der Waals surface area contributed by atoms with Crippen LogP contribution in [0.5, 0.6) is 0 Å². The predicted molar refractivity (Wildman–Crippen MR) is 79.2 cm³/mol. The number of carbonyl (C=O) groups excluding carboxylic acids is 1. The van der Waals surface area contributed by atoms with E-state index in [1.54, 1.807) is 0 Å². The minimum atomic E-state index is -4.56. The largest absolute Gasteiger partial charge is 0.417 e. The molecule has 1 amide bonds. The third kappa shape index (κ3) is 4.14. The molecule has 1 heterocycles. The molecule has 4 nitrogen and oxygen atoms in total. The Kier molecular flexibility index (Phi) is 4.79. The number of hydrogen-bond donors (Lipinski definition) is 0. The van der Waals surface area contributed by atoms with E-state index in [4.69, 9.17) is 10.7 Å². The molecule has 0 N–H and O–H groups in total. The Bertz CT molecular complexity index is 708. The molecule has 0 aromatic heterocycles. The van der Waals surface area contributed by atoms with Crippen molar-refractivity contribution in [3.8, 4) is 0 Å². The number of alkyl halides is 3. The topological polar surface area (TPSA) is 54.5 Å². The number of nitrogens with zero attached hydrogens (tertiary/aromatic N) is 1. The Morgan fingerprint density at radius 2 is 2.00 bits per heavy atom. The molecule has 1 saturated heterocycles. The fraction of sp³-hybridized carbons (Fsp3) is 0.417. The van der Waals surface area contributed by atoms with Gasteiger partial charge >= 0.3 is 6.18 Å². The summed E-state index contributed by atoms with van der Waals surface area (Å²) >= 11 is 2.82. The maximum absolute atomic E-state index is 12.9. The molecular weight excluding hydrogens is 411 g/mol. The average Bonchev–Trinajstić information content (AvgIpc) is 2.66. The van der Waals surface area contributed by atoms with Crippen LogP contribution in [0.3, 0.4) is 0 Å². The first-order valence-electron chi connectivity index (χ1n) is 6.07. The Hall–Kier alpha value is -0.800. The highest BCUT2D eigenvalue weighted by atomic mass is 79.9. The maximum atomic E-state index is 12.9. The molecule has 122 valence electrons. The van der Waals surface area contributed by atoms with E-state index in [0.717, 1.165) is 11.0 Å². The van der Waals surface area contributed by atoms with E-state index in [-0.39, 0.29) is 28.9 Å². The molecule has 22 heavy (non-hydrogen) atoms. The number of amides is 1. The monoisotopic (exact) mass is 419 g/mol. The second kappa shape index (κ2) is 6.01. The SMILES string of the molecule is O=C1CC(CS(=O)(=O)Cl)CN1c1ccc(Br)c(C(F)(F)F)c1. The van der Waals surface area contributed by atoms with Crippen molar-refractivity contribution in [2.24, 2.45) is 5.92 Å². The number of hydrogen-bond acceptors (Lipinski definition) is 3. The summed E-state index contributed by atoms with van der Waals surface area (Å²) in [6.07, 6.45) is -4.63. The molecule has 2 rings (SSSR count). The molecule has 1 aromatic rings. The number of rotatable bonds is 3. The van der Waals surface area contributed by atoms with E-state index in [2.05, 4.69) is 15.9 Å². The van der Waals surface area contributed by atoms with E-state index in [0.29, 0.717) is 0 Å². The van der Waals surface area contributed by atoms with Crippen molar-refractivity contribution in [2.75, 3.05) is 17.2 Å². The van der Waals surface area contributed by atoms with E-state index in [9.17, 15) is 26.4 Å². The van der Waals surface area contributed by atoms with Crippen molar-refractivity contribution in [1.29, 1.82) is 0 Å². The van der Waals surface area contributed by atoms with Gasteiger partial charge in [0, 0.05) is 39.7 Å². The average molecular weight is 421 g/mol.